The minimum atomic E-state index is 0.776. The zero-order valence-corrected chi connectivity index (χ0v) is 11.0. The molecule has 0 heterocycles. The summed E-state index contributed by atoms with van der Waals surface area (Å²) in [5.41, 5.74) is 1.37. The highest BCUT2D eigenvalue weighted by molar-refractivity contribution is 5.14. The number of hydrogen-bond donors (Lipinski definition) is 1. The molecule has 1 aromatic rings. The maximum Gasteiger partial charge on any atom is 0.0205 e. The lowest BCUT2D eigenvalue weighted by molar-refractivity contribution is 0.509. The van der Waals surface area contributed by atoms with E-state index >= 15 is 0 Å². The highest BCUT2D eigenvalue weighted by Crippen LogP contribution is 2.17. The van der Waals surface area contributed by atoms with Gasteiger partial charge in [0.2, 0.25) is 0 Å². The van der Waals surface area contributed by atoms with Crippen LogP contribution < -0.4 is 5.32 Å². The van der Waals surface area contributed by atoms with Crippen LogP contribution in [-0.2, 0) is 6.54 Å². The third-order valence-corrected chi connectivity index (χ3v) is 3.44. The Morgan fingerprint density at radius 2 is 2.00 bits per heavy atom. The zero-order valence-electron chi connectivity index (χ0n) is 11.0. The van der Waals surface area contributed by atoms with Crippen LogP contribution in [0.15, 0.2) is 54.6 Å². The molecule has 1 nitrogen and oxygen atoms in total. The minimum Gasteiger partial charge on any atom is -0.313 e. The van der Waals surface area contributed by atoms with E-state index < -0.39 is 0 Å². The van der Waals surface area contributed by atoms with Gasteiger partial charge in [-0.05, 0) is 43.7 Å². The van der Waals surface area contributed by atoms with E-state index in [1.807, 2.05) is 0 Å². The Labute approximate surface area is 111 Å². The molecule has 0 saturated carbocycles. The summed E-state index contributed by atoms with van der Waals surface area (Å²) in [6, 6.07) is 10.6. The first kappa shape index (κ1) is 13.1. The summed E-state index contributed by atoms with van der Waals surface area (Å²) in [4.78, 5) is 0. The van der Waals surface area contributed by atoms with Gasteiger partial charge in [-0.1, -0.05) is 54.6 Å². The third kappa shape index (κ3) is 4.89. The second-order valence-electron chi connectivity index (χ2n) is 4.96. The molecule has 1 aromatic carbocycles. The van der Waals surface area contributed by atoms with Crippen molar-refractivity contribution in [2.45, 2.75) is 32.2 Å². The van der Waals surface area contributed by atoms with Crippen LogP contribution in [0.4, 0.5) is 0 Å². The van der Waals surface area contributed by atoms with Crippen LogP contribution in [-0.4, -0.2) is 6.54 Å². The van der Waals surface area contributed by atoms with E-state index in [0.29, 0.717) is 0 Å². The predicted octanol–water partition coefficient (Wildman–Crippen LogP) is 4.08. The van der Waals surface area contributed by atoms with Gasteiger partial charge in [0.15, 0.2) is 0 Å². The molecule has 1 heteroatoms. The van der Waals surface area contributed by atoms with Crippen molar-refractivity contribution in [3.05, 3.63) is 60.2 Å². The van der Waals surface area contributed by atoms with Crippen LogP contribution in [0.1, 0.15) is 31.2 Å². The number of allylic oxidation sites excluding steroid dienone is 4. The molecule has 1 aliphatic carbocycles. The molecular formula is C17H23N. The van der Waals surface area contributed by atoms with Crippen molar-refractivity contribution in [2.24, 2.45) is 5.92 Å². The Bertz CT molecular complexity index is 378. The van der Waals surface area contributed by atoms with Gasteiger partial charge >= 0.3 is 0 Å². The van der Waals surface area contributed by atoms with Crippen LogP contribution in [0.3, 0.4) is 0 Å². The minimum absolute atomic E-state index is 0.776. The van der Waals surface area contributed by atoms with Gasteiger partial charge in [0.1, 0.15) is 0 Å². The molecule has 1 unspecified atom stereocenters. The van der Waals surface area contributed by atoms with Crippen LogP contribution in [0.5, 0.6) is 0 Å². The van der Waals surface area contributed by atoms with Crippen molar-refractivity contribution in [2.75, 3.05) is 6.54 Å². The fourth-order valence-corrected chi connectivity index (χ4v) is 2.36. The summed E-state index contributed by atoms with van der Waals surface area (Å²) in [6.07, 6.45) is 14.1. The summed E-state index contributed by atoms with van der Waals surface area (Å²) in [7, 11) is 0. The Kier molecular flexibility index (Phi) is 5.74. The van der Waals surface area contributed by atoms with Crippen molar-refractivity contribution >= 4 is 0 Å². The first-order valence-electron chi connectivity index (χ1n) is 7.03. The fourth-order valence-electron chi connectivity index (χ4n) is 2.36. The topological polar surface area (TPSA) is 12.0 Å². The Morgan fingerprint density at radius 1 is 1.11 bits per heavy atom. The number of hydrogen-bond acceptors (Lipinski definition) is 1. The van der Waals surface area contributed by atoms with E-state index in [-0.39, 0.29) is 0 Å². The van der Waals surface area contributed by atoms with E-state index in [1.165, 1.54) is 31.2 Å². The van der Waals surface area contributed by atoms with Crippen molar-refractivity contribution in [3.8, 4) is 0 Å². The molecule has 0 spiro atoms. The standard InChI is InChI=1S/C17H23N/c1-2-5-10-16(9-4-1)13-8-14-18-15-17-11-6-3-7-12-17/h1-4,6-7,9,11-12,16,18H,5,8,10,13-15H2. The monoisotopic (exact) mass is 241 g/mol. The molecule has 0 fully saturated rings. The molecule has 2 rings (SSSR count). The van der Waals surface area contributed by atoms with E-state index in [2.05, 4.69) is 60.0 Å². The molecule has 1 N–H and O–H groups in total. The maximum atomic E-state index is 3.52. The molecule has 1 atom stereocenters. The summed E-state index contributed by atoms with van der Waals surface area (Å²) in [5, 5.41) is 3.52. The van der Waals surface area contributed by atoms with Crippen molar-refractivity contribution in [1.82, 2.24) is 5.32 Å². The largest absolute Gasteiger partial charge is 0.313 e. The van der Waals surface area contributed by atoms with Gasteiger partial charge in [0.05, 0.1) is 0 Å². The lowest BCUT2D eigenvalue weighted by Crippen LogP contribution is -2.15. The summed E-state index contributed by atoms with van der Waals surface area (Å²) in [6.45, 7) is 2.11. The van der Waals surface area contributed by atoms with E-state index in [9.17, 15) is 0 Å². The third-order valence-electron chi connectivity index (χ3n) is 3.44. The molecule has 0 bridgehead atoms. The molecule has 0 amide bonds. The Hall–Kier alpha value is -1.34. The molecular weight excluding hydrogens is 218 g/mol. The molecule has 0 radical (unpaired) electrons. The van der Waals surface area contributed by atoms with E-state index in [1.54, 1.807) is 0 Å². The molecule has 96 valence electrons. The van der Waals surface area contributed by atoms with Gasteiger partial charge < -0.3 is 5.32 Å². The summed E-state index contributed by atoms with van der Waals surface area (Å²) >= 11 is 0. The highest BCUT2D eigenvalue weighted by Gasteiger charge is 2.04. The normalized spacial score (nSPS) is 18.8. The predicted molar refractivity (Wildman–Crippen MR) is 78.4 cm³/mol. The highest BCUT2D eigenvalue weighted by atomic mass is 14.8. The number of rotatable bonds is 6. The first-order valence-corrected chi connectivity index (χ1v) is 7.03. The fraction of sp³-hybridized carbons (Fsp3) is 0.412. The van der Waals surface area contributed by atoms with Gasteiger partial charge in [0, 0.05) is 6.54 Å². The van der Waals surface area contributed by atoms with Gasteiger partial charge in [0.25, 0.3) is 0 Å². The second kappa shape index (κ2) is 7.88. The number of benzene rings is 1. The number of nitrogens with one attached hydrogen (secondary N) is 1. The lowest BCUT2D eigenvalue weighted by atomic mass is 9.98. The van der Waals surface area contributed by atoms with Gasteiger partial charge in [-0.15, -0.1) is 0 Å². The van der Waals surface area contributed by atoms with Gasteiger partial charge in [-0.2, -0.15) is 0 Å². The maximum absolute atomic E-state index is 3.52. The molecule has 0 aromatic heterocycles. The second-order valence-corrected chi connectivity index (χ2v) is 4.96. The molecule has 18 heavy (non-hydrogen) atoms. The molecule has 0 aliphatic heterocycles. The quantitative estimate of drug-likeness (QED) is 0.740. The SMILES string of the molecule is C1=CCCC(CCCNCc2ccccc2)C=C1. The smallest absolute Gasteiger partial charge is 0.0205 e. The van der Waals surface area contributed by atoms with Crippen molar-refractivity contribution in [3.63, 3.8) is 0 Å². The van der Waals surface area contributed by atoms with Crippen LogP contribution in [0.25, 0.3) is 0 Å². The molecule has 0 saturated heterocycles. The Morgan fingerprint density at radius 3 is 2.89 bits per heavy atom. The average molecular weight is 241 g/mol. The lowest BCUT2D eigenvalue weighted by Gasteiger charge is -2.11. The van der Waals surface area contributed by atoms with Crippen molar-refractivity contribution < 1.29 is 0 Å². The molecule has 1 aliphatic rings. The van der Waals surface area contributed by atoms with Crippen LogP contribution in [0, 0.1) is 5.92 Å². The van der Waals surface area contributed by atoms with Crippen LogP contribution >= 0.6 is 0 Å². The van der Waals surface area contributed by atoms with Crippen LogP contribution in [0.2, 0.25) is 0 Å². The zero-order chi connectivity index (χ0) is 12.5. The average Bonchev–Trinajstić information content (AvgIpc) is 2.68. The summed E-state index contributed by atoms with van der Waals surface area (Å²) in [5.74, 6) is 0.776. The van der Waals surface area contributed by atoms with Crippen molar-refractivity contribution in [1.29, 1.82) is 0 Å². The first-order chi connectivity index (χ1) is 8.95. The van der Waals surface area contributed by atoms with E-state index in [0.717, 1.165) is 19.0 Å². The Balaban J connectivity index is 1.56. The van der Waals surface area contributed by atoms with E-state index in [4.69, 9.17) is 0 Å². The summed E-state index contributed by atoms with van der Waals surface area (Å²) < 4.78 is 0. The van der Waals surface area contributed by atoms with Gasteiger partial charge in [-0.25, -0.2) is 0 Å². The van der Waals surface area contributed by atoms with Gasteiger partial charge in [-0.3, -0.25) is 0 Å².